The maximum atomic E-state index is 5.44. The van der Waals surface area contributed by atoms with Crippen molar-refractivity contribution in [3.05, 3.63) is 34.7 Å². The molecule has 19 heavy (non-hydrogen) atoms. The zero-order chi connectivity index (χ0) is 13.2. The first-order valence-corrected chi connectivity index (χ1v) is 6.87. The maximum Gasteiger partial charge on any atom is 0.140 e. The van der Waals surface area contributed by atoms with Crippen LogP contribution in [-0.2, 0) is 25.9 Å². The summed E-state index contributed by atoms with van der Waals surface area (Å²) in [5.74, 6) is 2.10. The van der Waals surface area contributed by atoms with Crippen molar-refractivity contribution < 1.29 is 4.52 Å². The van der Waals surface area contributed by atoms with Crippen LogP contribution in [-0.4, -0.2) is 27.1 Å². The molecule has 0 saturated heterocycles. The predicted octanol–water partition coefficient (Wildman–Crippen LogP) is 2.22. The molecule has 1 N–H and O–H groups in total. The number of hydrogen-bond donors (Lipinski definition) is 1. The molecule has 0 aromatic carbocycles. The lowest BCUT2D eigenvalue weighted by molar-refractivity contribution is 0.295. The zero-order valence-electron chi connectivity index (χ0n) is 11.6. The van der Waals surface area contributed by atoms with Crippen LogP contribution < -0.4 is 0 Å². The second-order valence-corrected chi connectivity index (χ2v) is 5.42. The van der Waals surface area contributed by atoms with Gasteiger partial charge in [0.05, 0.1) is 6.54 Å². The van der Waals surface area contributed by atoms with Gasteiger partial charge in [-0.1, -0.05) is 5.16 Å². The van der Waals surface area contributed by atoms with Crippen molar-refractivity contribution in [2.75, 3.05) is 7.05 Å². The molecule has 0 amide bonds. The van der Waals surface area contributed by atoms with E-state index >= 15 is 0 Å². The van der Waals surface area contributed by atoms with Crippen LogP contribution >= 0.6 is 0 Å². The molecular weight excluding hydrogens is 240 g/mol. The Kier molecular flexibility index (Phi) is 3.38. The number of H-pyrrole nitrogens is 1. The van der Waals surface area contributed by atoms with E-state index in [4.69, 9.17) is 4.52 Å². The van der Waals surface area contributed by atoms with Crippen molar-refractivity contribution in [1.29, 1.82) is 0 Å². The average molecular weight is 260 g/mol. The fourth-order valence-corrected chi connectivity index (χ4v) is 2.69. The lowest BCUT2D eigenvalue weighted by Crippen LogP contribution is -2.19. The Balaban J connectivity index is 1.66. The Morgan fingerprint density at radius 3 is 2.95 bits per heavy atom. The summed E-state index contributed by atoms with van der Waals surface area (Å²) in [5, 5.41) is 4.24. The topological polar surface area (TPSA) is 58.0 Å². The maximum absolute atomic E-state index is 5.44. The molecule has 2 heterocycles. The molecule has 0 saturated carbocycles. The number of aromatic nitrogens is 3. The minimum Gasteiger partial charge on any atom is -0.361 e. The largest absolute Gasteiger partial charge is 0.361 e. The van der Waals surface area contributed by atoms with Crippen LogP contribution in [0.2, 0.25) is 0 Å². The first-order chi connectivity index (χ1) is 9.22. The fraction of sp³-hybridized carbons (Fsp3) is 0.571. The Bertz CT molecular complexity index is 558. The molecule has 2 aromatic rings. The Labute approximate surface area is 113 Å². The van der Waals surface area contributed by atoms with Gasteiger partial charge in [0, 0.05) is 30.4 Å². The SMILES string of the molecule is Cc1cnc(CN(C)Cc2noc3c2CCCC3)[nH]1. The summed E-state index contributed by atoms with van der Waals surface area (Å²) in [6.07, 6.45) is 6.50. The van der Waals surface area contributed by atoms with Crippen LogP contribution in [0, 0.1) is 6.92 Å². The van der Waals surface area contributed by atoms with Gasteiger partial charge in [-0.3, -0.25) is 4.90 Å². The second-order valence-electron chi connectivity index (χ2n) is 5.42. The second kappa shape index (κ2) is 5.17. The standard InChI is InChI=1S/C14H20N4O/c1-10-7-15-14(16-10)9-18(2)8-12-11-5-3-4-6-13(11)19-17-12/h7H,3-6,8-9H2,1-2H3,(H,15,16). The molecule has 0 fully saturated rings. The molecule has 5 heteroatoms. The van der Waals surface area contributed by atoms with Crippen molar-refractivity contribution in [2.24, 2.45) is 0 Å². The van der Waals surface area contributed by atoms with Crippen LogP contribution in [0.1, 0.15) is 41.4 Å². The number of nitrogens with zero attached hydrogens (tertiary/aromatic N) is 3. The molecule has 0 aliphatic heterocycles. The minimum atomic E-state index is 0.801. The summed E-state index contributed by atoms with van der Waals surface area (Å²) in [7, 11) is 2.09. The highest BCUT2D eigenvalue weighted by Gasteiger charge is 2.20. The number of aromatic amines is 1. The summed E-state index contributed by atoms with van der Waals surface area (Å²) in [6.45, 7) is 3.64. The summed E-state index contributed by atoms with van der Waals surface area (Å²) in [5.41, 5.74) is 3.54. The molecule has 102 valence electrons. The Morgan fingerprint density at radius 1 is 1.32 bits per heavy atom. The van der Waals surface area contributed by atoms with E-state index in [1.54, 1.807) is 0 Å². The number of imidazole rings is 1. The number of aryl methyl sites for hydroxylation is 2. The van der Waals surface area contributed by atoms with Crippen molar-refractivity contribution >= 4 is 0 Å². The van der Waals surface area contributed by atoms with Gasteiger partial charge in [-0.15, -0.1) is 0 Å². The van der Waals surface area contributed by atoms with Gasteiger partial charge < -0.3 is 9.51 Å². The van der Waals surface area contributed by atoms with Crippen LogP contribution in [0.15, 0.2) is 10.7 Å². The van der Waals surface area contributed by atoms with E-state index in [1.807, 2.05) is 13.1 Å². The lowest BCUT2D eigenvalue weighted by Gasteiger charge is -2.15. The summed E-state index contributed by atoms with van der Waals surface area (Å²) >= 11 is 0. The van der Waals surface area contributed by atoms with E-state index in [0.29, 0.717) is 0 Å². The normalized spacial score (nSPS) is 14.9. The van der Waals surface area contributed by atoms with Gasteiger partial charge in [0.25, 0.3) is 0 Å². The highest BCUT2D eigenvalue weighted by atomic mass is 16.5. The molecule has 0 unspecified atom stereocenters. The van der Waals surface area contributed by atoms with E-state index in [9.17, 15) is 0 Å². The molecule has 1 aliphatic rings. The number of hydrogen-bond acceptors (Lipinski definition) is 4. The number of nitrogens with one attached hydrogen (secondary N) is 1. The van der Waals surface area contributed by atoms with Crippen molar-refractivity contribution in [1.82, 2.24) is 20.0 Å². The van der Waals surface area contributed by atoms with E-state index in [2.05, 4.69) is 27.1 Å². The Morgan fingerprint density at radius 2 is 2.16 bits per heavy atom. The molecule has 0 bridgehead atoms. The minimum absolute atomic E-state index is 0.801. The molecule has 5 nitrogen and oxygen atoms in total. The van der Waals surface area contributed by atoms with Gasteiger partial charge in [-0.2, -0.15) is 0 Å². The smallest absolute Gasteiger partial charge is 0.140 e. The highest BCUT2D eigenvalue weighted by Crippen LogP contribution is 2.24. The monoisotopic (exact) mass is 260 g/mol. The van der Waals surface area contributed by atoms with Gasteiger partial charge >= 0.3 is 0 Å². The Hall–Kier alpha value is -1.62. The van der Waals surface area contributed by atoms with E-state index in [-0.39, 0.29) is 0 Å². The van der Waals surface area contributed by atoms with Gasteiger partial charge in [0.15, 0.2) is 0 Å². The summed E-state index contributed by atoms with van der Waals surface area (Å²) in [6, 6.07) is 0. The summed E-state index contributed by atoms with van der Waals surface area (Å²) < 4.78 is 5.44. The van der Waals surface area contributed by atoms with E-state index in [1.165, 1.54) is 18.4 Å². The summed E-state index contributed by atoms with van der Waals surface area (Å²) in [4.78, 5) is 9.80. The molecule has 0 radical (unpaired) electrons. The zero-order valence-corrected chi connectivity index (χ0v) is 11.6. The molecule has 1 aliphatic carbocycles. The fourth-order valence-electron chi connectivity index (χ4n) is 2.69. The van der Waals surface area contributed by atoms with Crippen LogP contribution in [0.4, 0.5) is 0 Å². The van der Waals surface area contributed by atoms with E-state index in [0.717, 1.165) is 48.9 Å². The molecule has 0 atom stereocenters. The van der Waals surface area contributed by atoms with Gasteiger partial charge in [-0.25, -0.2) is 4.98 Å². The molecule has 0 spiro atoms. The number of fused-ring (bicyclic) bond motifs is 1. The molecular formula is C14H20N4O. The van der Waals surface area contributed by atoms with E-state index < -0.39 is 0 Å². The lowest BCUT2D eigenvalue weighted by atomic mass is 9.96. The average Bonchev–Trinajstić information content (AvgIpc) is 2.97. The third-order valence-electron chi connectivity index (χ3n) is 3.63. The van der Waals surface area contributed by atoms with Crippen LogP contribution in [0.25, 0.3) is 0 Å². The highest BCUT2D eigenvalue weighted by molar-refractivity contribution is 5.25. The molecule has 3 rings (SSSR count). The predicted molar refractivity (Wildman–Crippen MR) is 71.6 cm³/mol. The third-order valence-corrected chi connectivity index (χ3v) is 3.63. The van der Waals surface area contributed by atoms with Crippen LogP contribution in [0.5, 0.6) is 0 Å². The van der Waals surface area contributed by atoms with Gasteiger partial charge in [0.2, 0.25) is 0 Å². The first kappa shape index (κ1) is 12.4. The van der Waals surface area contributed by atoms with Crippen LogP contribution in [0.3, 0.4) is 0 Å². The number of rotatable bonds is 4. The van der Waals surface area contributed by atoms with Crippen molar-refractivity contribution in [2.45, 2.75) is 45.7 Å². The van der Waals surface area contributed by atoms with Crippen molar-refractivity contribution in [3.8, 4) is 0 Å². The van der Waals surface area contributed by atoms with Gasteiger partial charge in [0.1, 0.15) is 17.3 Å². The van der Waals surface area contributed by atoms with Crippen molar-refractivity contribution in [3.63, 3.8) is 0 Å². The first-order valence-electron chi connectivity index (χ1n) is 6.87. The molecule has 2 aromatic heterocycles. The third kappa shape index (κ3) is 2.71. The van der Waals surface area contributed by atoms with Gasteiger partial charge in [-0.05, 0) is 33.2 Å². The quantitative estimate of drug-likeness (QED) is 0.915.